The third-order valence-corrected chi connectivity index (χ3v) is 4.91. The van der Waals surface area contributed by atoms with E-state index < -0.39 is 10.0 Å². The highest BCUT2D eigenvalue weighted by Gasteiger charge is 2.36. The van der Waals surface area contributed by atoms with Gasteiger partial charge in [-0.05, 0) is 30.0 Å². The molecule has 0 radical (unpaired) electrons. The van der Waals surface area contributed by atoms with E-state index in [1.807, 2.05) is 6.92 Å². The normalized spacial score (nSPS) is 23.7. The van der Waals surface area contributed by atoms with Crippen LogP contribution in [0.5, 0.6) is 0 Å². The van der Waals surface area contributed by atoms with Crippen LogP contribution in [0.4, 0.5) is 0 Å². The van der Waals surface area contributed by atoms with Gasteiger partial charge in [0.05, 0.1) is 5.02 Å². The lowest BCUT2D eigenvalue weighted by Crippen LogP contribution is -2.27. The predicted molar refractivity (Wildman–Crippen MR) is 67.2 cm³/mol. The van der Waals surface area contributed by atoms with Gasteiger partial charge in [-0.15, -0.1) is 0 Å². The zero-order valence-electron chi connectivity index (χ0n) is 9.48. The average molecular weight is 275 g/mol. The fraction of sp³-hybridized carbons (Fsp3) is 0.455. The molecule has 0 saturated heterocycles. The zero-order valence-corrected chi connectivity index (χ0v) is 11.1. The van der Waals surface area contributed by atoms with Crippen molar-refractivity contribution in [2.24, 2.45) is 11.7 Å². The first-order valence-corrected chi connectivity index (χ1v) is 7.31. The van der Waals surface area contributed by atoms with Gasteiger partial charge in [-0.25, -0.2) is 13.1 Å². The second-order valence-electron chi connectivity index (χ2n) is 4.41. The average Bonchev–Trinajstić information content (AvgIpc) is 2.92. The Hall–Kier alpha value is -0.620. The lowest BCUT2D eigenvalue weighted by atomic mass is 10.2. The standard InChI is InChI=1S/C11H15ClN2O2S/c1-7-4-10(7)14-17(15,16)11-3-2-8(6-13)5-9(11)12/h2-3,5,7,10,14H,4,6,13H2,1H3. The Morgan fingerprint density at radius 3 is 2.65 bits per heavy atom. The van der Waals surface area contributed by atoms with Gasteiger partial charge in [0.15, 0.2) is 0 Å². The summed E-state index contributed by atoms with van der Waals surface area (Å²) in [4.78, 5) is 0.121. The summed E-state index contributed by atoms with van der Waals surface area (Å²) in [5.41, 5.74) is 6.28. The fourth-order valence-electron chi connectivity index (χ4n) is 1.64. The third kappa shape index (κ3) is 2.80. The molecule has 4 nitrogen and oxygen atoms in total. The molecule has 0 bridgehead atoms. The van der Waals surface area contributed by atoms with E-state index in [1.165, 1.54) is 6.07 Å². The molecule has 0 aromatic heterocycles. The molecule has 94 valence electrons. The van der Waals surface area contributed by atoms with E-state index in [4.69, 9.17) is 17.3 Å². The number of sulfonamides is 1. The summed E-state index contributed by atoms with van der Waals surface area (Å²) in [6.07, 6.45) is 0.887. The van der Waals surface area contributed by atoms with Crippen molar-refractivity contribution in [1.82, 2.24) is 4.72 Å². The Morgan fingerprint density at radius 2 is 2.18 bits per heavy atom. The molecule has 1 saturated carbocycles. The SMILES string of the molecule is CC1CC1NS(=O)(=O)c1ccc(CN)cc1Cl. The van der Waals surface area contributed by atoms with Crippen molar-refractivity contribution in [3.63, 3.8) is 0 Å². The quantitative estimate of drug-likeness (QED) is 0.874. The van der Waals surface area contributed by atoms with Crippen LogP contribution >= 0.6 is 11.6 Å². The molecule has 1 aromatic carbocycles. The maximum absolute atomic E-state index is 12.0. The van der Waals surface area contributed by atoms with Crippen molar-refractivity contribution in [2.75, 3.05) is 0 Å². The molecule has 0 spiro atoms. The molecule has 1 aliphatic carbocycles. The Morgan fingerprint density at radius 1 is 1.53 bits per heavy atom. The van der Waals surface area contributed by atoms with E-state index in [-0.39, 0.29) is 16.0 Å². The first kappa shape index (κ1) is 12.8. The van der Waals surface area contributed by atoms with E-state index in [0.717, 1.165) is 12.0 Å². The molecule has 1 aliphatic rings. The minimum Gasteiger partial charge on any atom is -0.326 e. The van der Waals surface area contributed by atoms with Crippen LogP contribution in [-0.2, 0) is 16.6 Å². The van der Waals surface area contributed by atoms with Gasteiger partial charge < -0.3 is 5.73 Å². The lowest BCUT2D eigenvalue weighted by molar-refractivity contribution is 0.578. The van der Waals surface area contributed by atoms with Gasteiger partial charge in [-0.1, -0.05) is 24.6 Å². The van der Waals surface area contributed by atoms with Crippen LogP contribution in [0.1, 0.15) is 18.9 Å². The maximum atomic E-state index is 12.0. The van der Waals surface area contributed by atoms with Gasteiger partial charge in [0.25, 0.3) is 0 Å². The Kier molecular flexibility index (Phi) is 3.45. The van der Waals surface area contributed by atoms with E-state index >= 15 is 0 Å². The Balaban J connectivity index is 2.26. The summed E-state index contributed by atoms with van der Waals surface area (Å²) >= 11 is 5.96. The summed E-state index contributed by atoms with van der Waals surface area (Å²) < 4.78 is 26.7. The second kappa shape index (κ2) is 4.57. The van der Waals surface area contributed by atoms with Gasteiger partial charge in [-0.3, -0.25) is 0 Å². The van der Waals surface area contributed by atoms with E-state index in [1.54, 1.807) is 12.1 Å². The molecule has 2 atom stereocenters. The number of hydrogen-bond donors (Lipinski definition) is 2. The van der Waals surface area contributed by atoms with Crippen LogP contribution in [0.15, 0.2) is 23.1 Å². The Bertz CT molecular complexity index is 530. The van der Waals surface area contributed by atoms with Crippen LogP contribution in [0.2, 0.25) is 5.02 Å². The molecule has 3 N–H and O–H groups in total. The van der Waals surface area contributed by atoms with Gasteiger partial charge in [-0.2, -0.15) is 0 Å². The predicted octanol–water partition coefficient (Wildman–Crippen LogP) is 1.49. The molecule has 0 heterocycles. The second-order valence-corrected chi connectivity index (χ2v) is 6.50. The highest BCUT2D eigenvalue weighted by molar-refractivity contribution is 7.89. The van der Waals surface area contributed by atoms with Crippen molar-refractivity contribution in [3.05, 3.63) is 28.8 Å². The van der Waals surface area contributed by atoms with Gasteiger partial charge in [0, 0.05) is 12.6 Å². The van der Waals surface area contributed by atoms with E-state index in [0.29, 0.717) is 12.5 Å². The summed E-state index contributed by atoms with van der Waals surface area (Å²) in [6, 6.07) is 4.81. The number of nitrogens with one attached hydrogen (secondary N) is 1. The minimum atomic E-state index is -3.51. The molecule has 17 heavy (non-hydrogen) atoms. The van der Waals surface area contributed by atoms with Crippen LogP contribution < -0.4 is 10.5 Å². The lowest BCUT2D eigenvalue weighted by Gasteiger charge is -2.08. The van der Waals surface area contributed by atoms with Gasteiger partial charge >= 0.3 is 0 Å². The highest BCUT2D eigenvalue weighted by Crippen LogP contribution is 2.32. The molecular weight excluding hydrogens is 260 g/mol. The largest absolute Gasteiger partial charge is 0.326 e. The van der Waals surface area contributed by atoms with Crippen LogP contribution in [0, 0.1) is 5.92 Å². The van der Waals surface area contributed by atoms with Gasteiger partial charge in [0.2, 0.25) is 10.0 Å². The van der Waals surface area contributed by atoms with Crippen LogP contribution in [0.3, 0.4) is 0 Å². The summed E-state index contributed by atoms with van der Waals surface area (Å²) in [5, 5.41) is 0.216. The molecule has 2 rings (SSSR count). The molecule has 0 aliphatic heterocycles. The molecule has 1 fully saturated rings. The van der Waals surface area contributed by atoms with Crippen LogP contribution in [-0.4, -0.2) is 14.5 Å². The van der Waals surface area contributed by atoms with E-state index in [9.17, 15) is 8.42 Å². The van der Waals surface area contributed by atoms with Crippen molar-refractivity contribution >= 4 is 21.6 Å². The first-order chi connectivity index (χ1) is 7.94. The smallest absolute Gasteiger partial charge is 0.242 e. The zero-order chi connectivity index (χ0) is 12.6. The number of halogens is 1. The monoisotopic (exact) mass is 274 g/mol. The molecule has 2 unspecified atom stereocenters. The summed E-state index contributed by atoms with van der Waals surface area (Å²) in [5.74, 6) is 0.409. The van der Waals surface area contributed by atoms with Crippen molar-refractivity contribution in [3.8, 4) is 0 Å². The topological polar surface area (TPSA) is 72.2 Å². The first-order valence-electron chi connectivity index (χ1n) is 5.45. The van der Waals surface area contributed by atoms with Gasteiger partial charge in [0.1, 0.15) is 4.90 Å². The van der Waals surface area contributed by atoms with Crippen molar-refractivity contribution < 1.29 is 8.42 Å². The molecule has 6 heteroatoms. The molecule has 0 amide bonds. The Labute approximate surface area is 106 Å². The maximum Gasteiger partial charge on any atom is 0.242 e. The molecule has 1 aromatic rings. The summed E-state index contributed by atoms with van der Waals surface area (Å²) in [7, 11) is -3.51. The summed E-state index contributed by atoms with van der Waals surface area (Å²) in [6.45, 7) is 2.35. The third-order valence-electron chi connectivity index (χ3n) is 2.94. The highest BCUT2D eigenvalue weighted by atomic mass is 35.5. The minimum absolute atomic E-state index is 0.0465. The molecular formula is C11H15ClN2O2S. The number of nitrogens with two attached hydrogens (primary N) is 1. The number of rotatable bonds is 4. The fourth-order valence-corrected chi connectivity index (χ4v) is 3.56. The van der Waals surface area contributed by atoms with Crippen molar-refractivity contribution in [2.45, 2.75) is 30.8 Å². The van der Waals surface area contributed by atoms with E-state index in [2.05, 4.69) is 4.72 Å². The van der Waals surface area contributed by atoms with Crippen molar-refractivity contribution in [1.29, 1.82) is 0 Å². The number of benzene rings is 1. The van der Waals surface area contributed by atoms with Crippen LogP contribution in [0.25, 0.3) is 0 Å². The number of hydrogen-bond acceptors (Lipinski definition) is 3.